The summed E-state index contributed by atoms with van der Waals surface area (Å²) in [5.74, 6) is -0.143. The number of amides is 1. The van der Waals surface area contributed by atoms with Gasteiger partial charge in [0.25, 0.3) is 5.91 Å². The van der Waals surface area contributed by atoms with Crippen LogP contribution in [0, 0.1) is 0 Å². The van der Waals surface area contributed by atoms with Gasteiger partial charge in [0.1, 0.15) is 0 Å². The zero-order valence-electron chi connectivity index (χ0n) is 10.0. The Balaban J connectivity index is 2.01. The van der Waals surface area contributed by atoms with Gasteiger partial charge in [-0.25, -0.2) is 0 Å². The zero-order valence-corrected chi connectivity index (χ0v) is 11.6. The second-order valence-corrected chi connectivity index (χ2v) is 5.53. The van der Waals surface area contributed by atoms with Gasteiger partial charge >= 0.3 is 0 Å². The molecular formula is C13H17BrN2O2. The van der Waals surface area contributed by atoms with Gasteiger partial charge in [-0.3, -0.25) is 4.79 Å². The first-order valence-electron chi connectivity index (χ1n) is 6.11. The third-order valence-electron chi connectivity index (χ3n) is 3.33. The number of hydrogen-bond donors (Lipinski definition) is 3. The lowest BCUT2D eigenvalue weighted by Gasteiger charge is -2.26. The molecule has 4 N–H and O–H groups in total. The SMILES string of the molecule is Nc1c(Br)cccc1C(=O)NC1CCC(O)CC1. The number of nitrogens with one attached hydrogen (secondary N) is 1. The van der Waals surface area contributed by atoms with Crippen LogP contribution in [-0.2, 0) is 0 Å². The highest BCUT2D eigenvalue weighted by Crippen LogP contribution is 2.24. The van der Waals surface area contributed by atoms with Gasteiger partial charge in [0.15, 0.2) is 0 Å². The van der Waals surface area contributed by atoms with E-state index >= 15 is 0 Å². The minimum absolute atomic E-state index is 0.138. The van der Waals surface area contributed by atoms with Crippen LogP contribution >= 0.6 is 15.9 Å². The van der Waals surface area contributed by atoms with E-state index in [1.807, 2.05) is 6.07 Å². The Hall–Kier alpha value is -1.07. The number of benzene rings is 1. The lowest BCUT2D eigenvalue weighted by atomic mass is 9.93. The fourth-order valence-electron chi connectivity index (χ4n) is 2.22. The summed E-state index contributed by atoms with van der Waals surface area (Å²) in [7, 11) is 0. The quantitative estimate of drug-likeness (QED) is 0.732. The second-order valence-electron chi connectivity index (χ2n) is 4.68. The number of rotatable bonds is 2. The van der Waals surface area contributed by atoms with Gasteiger partial charge in [-0.1, -0.05) is 6.07 Å². The molecular weight excluding hydrogens is 296 g/mol. The van der Waals surface area contributed by atoms with Crippen molar-refractivity contribution >= 4 is 27.5 Å². The van der Waals surface area contributed by atoms with Crippen LogP contribution in [0.3, 0.4) is 0 Å². The summed E-state index contributed by atoms with van der Waals surface area (Å²) >= 11 is 3.31. The summed E-state index contributed by atoms with van der Waals surface area (Å²) in [4.78, 5) is 12.1. The maximum Gasteiger partial charge on any atom is 0.253 e. The van der Waals surface area contributed by atoms with Crippen LogP contribution in [0.1, 0.15) is 36.0 Å². The number of para-hydroxylation sites is 1. The van der Waals surface area contributed by atoms with Crippen molar-refractivity contribution in [2.75, 3.05) is 5.73 Å². The molecule has 0 bridgehead atoms. The van der Waals surface area contributed by atoms with E-state index in [0.29, 0.717) is 11.3 Å². The van der Waals surface area contributed by atoms with E-state index in [9.17, 15) is 9.90 Å². The lowest BCUT2D eigenvalue weighted by Crippen LogP contribution is -2.38. The largest absolute Gasteiger partial charge is 0.397 e. The van der Waals surface area contributed by atoms with Crippen LogP contribution in [0.15, 0.2) is 22.7 Å². The maximum atomic E-state index is 12.1. The molecule has 18 heavy (non-hydrogen) atoms. The molecule has 5 heteroatoms. The molecule has 0 radical (unpaired) electrons. The van der Waals surface area contributed by atoms with Crippen molar-refractivity contribution in [2.45, 2.75) is 37.8 Å². The minimum atomic E-state index is -0.214. The zero-order chi connectivity index (χ0) is 13.1. The van der Waals surface area contributed by atoms with Crippen LogP contribution in [0.25, 0.3) is 0 Å². The van der Waals surface area contributed by atoms with E-state index in [1.165, 1.54) is 0 Å². The van der Waals surface area contributed by atoms with Gasteiger partial charge in [0, 0.05) is 10.5 Å². The van der Waals surface area contributed by atoms with Crippen LogP contribution in [0.2, 0.25) is 0 Å². The van der Waals surface area contributed by atoms with Crippen molar-refractivity contribution in [3.63, 3.8) is 0 Å². The average Bonchev–Trinajstić information content (AvgIpc) is 2.35. The molecule has 4 nitrogen and oxygen atoms in total. The first-order chi connectivity index (χ1) is 8.58. The molecule has 0 aromatic heterocycles. The monoisotopic (exact) mass is 312 g/mol. The number of nitrogens with two attached hydrogens (primary N) is 1. The average molecular weight is 313 g/mol. The Kier molecular flexibility index (Phi) is 4.24. The van der Waals surface area contributed by atoms with Gasteiger partial charge < -0.3 is 16.2 Å². The van der Waals surface area contributed by atoms with Crippen molar-refractivity contribution in [2.24, 2.45) is 0 Å². The standard InChI is InChI=1S/C13H17BrN2O2/c14-11-3-1-2-10(12(11)15)13(18)16-8-4-6-9(17)7-5-8/h1-3,8-9,17H,4-7,15H2,(H,16,18). The molecule has 0 saturated heterocycles. The van der Waals surface area contributed by atoms with Crippen molar-refractivity contribution in [3.05, 3.63) is 28.2 Å². The Morgan fingerprint density at radius 3 is 2.67 bits per heavy atom. The van der Waals surface area contributed by atoms with Crippen molar-refractivity contribution in [3.8, 4) is 0 Å². The third kappa shape index (κ3) is 3.03. The van der Waals surface area contributed by atoms with E-state index in [4.69, 9.17) is 5.73 Å². The number of anilines is 1. The summed E-state index contributed by atoms with van der Waals surface area (Å²) in [6, 6.07) is 5.45. The first kappa shape index (κ1) is 13.4. The normalized spacial score (nSPS) is 23.7. The minimum Gasteiger partial charge on any atom is -0.397 e. The number of aliphatic hydroxyl groups is 1. The maximum absolute atomic E-state index is 12.1. The molecule has 0 spiro atoms. The molecule has 1 saturated carbocycles. The van der Waals surface area contributed by atoms with Crippen LogP contribution in [0.4, 0.5) is 5.69 Å². The topological polar surface area (TPSA) is 75.4 Å². The van der Waals surface area contributed by atoms with Gasteiger partial charge in [-0.15, -0.1) is 0 Å². The van der Waals surface area contributed by atoms with E-state index in [2.05, 4.69) is 21.2 Å². The van der Waals surface area contributed by atoms with E-state index in [-0.39, 0.29) is 18.1 Å². The van der Waals surface area contributed by atoms with Crippen LogP contribution in [-0.4, -0.2) is 23.2 Å². The van der Waals surface area contributed by atoms with Gasteiger partial charge in [0.05, 0.1) is 17.4 Å². The van der Waals surface area contributed by atoms with E-state index < -0.39 is 0 Å². The molecule has 2 rings (SSSR count). The summed E-state index contributed by atoms with van der Waals surface area (Å²) in [6.07, 6.45) is 2.92. The predicted molar refractivity (Wildman–Crippen MR) is 74.3 cm³/mol. The van der Waals surface area contributed by atoms with Gasteiger partial charge in [-0.05, 0) is 53.7 Å². The van der Waals surface area contributed by atoms with Crippen LogP contribution in [0.5, 0.6) is 0 Å². The summed E-state index contributed by atoms with van der Waals surface area (Å²) < 4.78 is 0.731. The van der Waals surface area contributed by atoms with Gasteiger partial charge in [-0.2, -0.15) is 0 Å². The second kappa shape index (κ2) is 5.71. The Morgan fingerprint density at radius 2 is 2.00 bits per heavy atom. The summed E-state index contributed by atoms with van der Waals surface area (Å²) in [5, 5.41) is 12.4. The summed E-state index contributed by atoms with van der Waals surface area (Å²) in [5.41, 5.74) is 6.82. The fourth-order valence-corrected chi connectivity index (χ4v) is 2.58. The fraction of sp³-hybridized carbons (Fsp3) is 0.462. The van der Waals surface area contributed by atoms with Crippen LogP contribution < -0.4 is 11.1 Å². The molecule has 0 atom stereocenters. The predicted octanol–water partition coefficient (Wildman–Crippen LogP) is 2.06. The number of halogens is 1. The highest BCUT2D eigenvalue weighted by Gasteiger charge is 2.22. The number of nitrogen functional groups attached to an aromatic ring is 1. The molecule has 1 aromatic rings. The number of aliphatic hydroxyl groups excluding tert-OH is 1. The highest BCUT2D eigenvalue weighted by molar-refractivity contribution is 9.10. The highest BCUT2D eigenvalue weighted by atomic mass is 79.9. The molecule has 0 unspecified atom stereocenters. The Morgan fingerprint density at radius 1 is 1.33 bits per heavy atom. The molecule has 1 amide bonds. The Labute approximate surface area is 115 Å². The number of carbonyl (C=O) groups excluding carboxylic acids is 1. The summed E-state index contributed by atoms with van der Waals surface area (Å²) in [6.45, 7) is 0. The molecule has 1 aliphatic rings. The molecule has 1 aromatic carbocycles. The smallest absolute Gasteiger partial charge is 0.253 e. The third-order valence-corrected chi connectivity index (χ3v) is 4.02. The van der Waals surface area contributed by atoms with E-state index in [0.717, 1.165) is 30.2 Å². The van der Waals surface area contributed by atoms with Crippen molar-refractivity contribution in [1.82, 2.24) is 5.32 Å². The van der Waals surface area contributed by atoms with Crippen molar-refractivity contribution < 1.29 is 9.90 Å². The van der Waals surface area contributed by atoms with E-state index in [1.54, 1.807) is 12.1 Å². The van der Waals surface area contributed by atoms with Gasteiger partial charge in [0.2, 0.25) is 0 Å². The molecule has 98 valence electrons. The molecule has 1 aliphatic carbocycles. The molecule has 0 heterocycles. The Bertz CT molecular complexity index is 443. The number of carbonyl (C=O) groups is 1. The molecule has 0 aliphatic heterocycles. The molecule has 1 fully saturated rings. The first-order valence-corrected chi connectivity index (χ1v) is 6.90. The number of hydrogen-bond acceptors (Lipinski definition) is 3. The van der Waals surface area contributed by atoms with Crippen molar-refractivity contribution in [1.29, 1.82) is 0 Å². The lowest BCUT2D eigenvalue weighted by molar-refractivity contribution is 0.0868.